The van der Waals surface area contributed by atoms with Crippen molar-refractivity contribution in [3.63, 3.8) is 0 Å². The van der Waals surface area contributed by atoms with Gasteiger partial charge in [0.25, 0.3) is 0 Å². The van der Waals surface area contributed by atoms with Crippen LogP contribution in [0.15, 0.2) is 24.1 Å². The number of aliphatic hydroxyl groups is 1. The van der Waals surface area contributed by atoms with Crippen LogP contribution in [0.3, 0.4) is 0 Å². The van der Waals surface area contributed by atoms with Gasteiger partial charge in [-0.1, -0.05) is 55.0 Å². The van der Waals surface area contributed by atoms with Crippen LogP contribution in [0.2, 0.25) is 0 Å². The molecule has 0 saturated carbocycles. The summed E-state index contributed by atoms with van der Waals surface area (Å²) in [6, 6.07) is 0. The third-order valence-corrected chi connectivity index (χ3v) is 2.46. The molecule has 0 aromatic rings. The molecule has 0 radical (unpaired) electrons. The van der Waals surface area contributed by atoms with E-state index >= 15 is 0 Å². The summed E-state index contributed by atoms with van der Waals surface area (Å²) >= 11 is 0. The Kier molecular flexibility index (Phi) is 10.1. The van der Waals surface area contributed by atoms with E-state index in [1.165, 1.54) is 0 Å². The zero-order valence-corrected chi connectivity index (χ0v) is 15.0. The van der Waals surface area contributed by atoms with Gasteiger partial charge in [0, 0.05) is 23.6 Å². The van der Waals surface area contributed by atoms with E-state index in [-0.39, 0.29) is 11.3 Å². The van der Waals surface area contributed by atoms with Crippen molar-refractivity contribution in [2.75, 3.05) is 13.7 Å². The predicted molar refractivity (Wildman–Crippen MR) is 88.7 cm³/mol. The van der Waals surface area contributed by atoms with Gasteiger partial charge in [0.15, 0.2) is 0 Å². The van der Waals surface area contributed by atoms with Crippen LogP contribution in [0.1, 0.15) is 54.9 Å². The van der Waals surface area contributed by atoms with Crippen LogP contribution in [0, 0.1) is 10.8 Å². The zero-order chi connectivity index (χ0) is 17.3. The quantitative estimate of drug-likeness (QED) is 0.602. The van der Waals surface area contributed by atoms with Gasteiger partial charge in [-0.2, -0.15) is 0 Å². The van der Waals surface area contributed by atoms with Crippen LogP contribution >= 0.6 is 0 Å². The van der Waals surface area contributed by atoms with Gasteiger partial charge in [0.05, 0.1) is 6.61 Å². The molecule has 0 aliphatic rings. The van der Waals surface area contributed by atoms with Gasteiger partial charge in [0.2, 0.25) is 5.91 Å². The van der Waals surface area contributed by atoms with Crippen LogP contribution in [0.25, 0.3) is 0 Å². The maximum absolute atomic E-state index is 11.9. The Hall–Kier alpha value is -1.29. The molecule has 0 saturated heterocycles. The van der Waals surface area contributed by atoms with Gasteiger partial charge in [-0.15, -0.1) is 0 Å². The summed E-state index contributed by atoms with van der Waals surface area (Å²) in [7, 11) is 1.00. The molecule has 0 aliphatic heterocycles. The Morgan fingerprint density at radius 3 is 1.95 bits per heavy atom. The van der Waals surface area contributed by atoms with Crippen molar-refractivity contribution < 1.29 is 14.6 Å². The molecule has 1 amide bonds. The van der Waals surface area contributed by atoms with Crippen LogP contribution in [0.4, 0.5) is 0 Å². The topological polar surface area (TPSA) is 58.6 Å². The van der Waals surface area contributed by atoms with Crippen LogP contribution in [-0.4, -0.2) is 24.7 Å². The largest absolute Gasteiger partial charge is 0.497 e. The number of ether oxygens (including phenoxy) is 1. The lowest BCUT2D eigenvalue weighted by molar-refractivity contribution is -0.127. The second-order valence-electron chi connectivity index (χ2n) is 6.84. The number of hydrogen-bond donors (Lipinski definition) is 2. The van der Waals surface area contributed by atoms with Crippen molar-refractivity contribution in [3.8, 4) is 0 Å². The average molecular weight is 299 g/mol. The average Bonchev–Trinajstić information content (AvgIpc) is 2.34. The van der Waals surface area contributed by atoms with Crippen molar-refractivity contribution in [1.29, 1.82) is 0 Å². The van der Waals surface area contributed by atoms with Gasteiger partial charge < -0.3 is 15.2 Å². The standard InChI is InChI=1S/C16H29NO2.CH4O/c1-9-10-19-13(15(3,4)5)11-12(2)17-14(18)16(6,7)8;1-2/h11H,2,9-10H2,1,3-8H3,(H,17,18);2H,1H3/b13-11-;. The molecule has 0 unspecified atom stereocenters. The number of rotatable bonds is 5. The molecule has 2 N–H and O–H groups in total. The summed E-state index contributed by atoms with van der Waals surface area (Å²) in [6.45, 7) is 18.5. The number of carbonyl (C=O) groups excluding carboxylic acids is 1. The molecule has 4 nitrogen and oxygen atoms in total. The van der Waals surface area contributed by atoms with Crippen molar-refractivity contribution >= 4 is 5.91 Å². The molecule has 0 aromatic carbocycles. The van der Waals surface area contributed by atoms with Crippen molar-refractivity contribution in [2.45, 2.75) is 54.9 Å². The lowest BCUT2D eigenvalue weighted by Crippen LogP contribution is -2.33. The molecule has 124 valence electrons. The molecule has 0 fully saturated rings. The Bertz CT molecular complexity index is 357. The second-order valence-corrected chi connectivity index (χ2v) is 6.84. The highest BCUT2D eigenvalue weighted by atomic mass is 16.5. The molecule has 0 rings (SSSR count). The number of amides is 1. The van der Waals surface area contributed by atoms with Gasteiger partial charge >= 0.3 is 0 Å². The minimum atomic E-state index is -0.428. The van der Waals surface area contributed by atoms with Gasteiger partial charge in [-0.3, -0.25) is 4.79 Å². The zero-order valence-electron chi connectivity index (χ0n) is 15.0. The van der Waals surface area contributed by atoms with Crippen molar-refractivity contribution in [2.24, 2.45) is 10.8 Å². The highest BCUT2D eigenvalue weighted by Crippen LogP contribution is 2.27. The number of carbonyl (C=O) groups is 1. The highest BCUT2D eigenvalue weighted by Gasteiger charge is 2.23. The monoisotopic (exact) mass is 299 g/mol. The smallest absolute Gasteiger partial charge is 0.229 e. The van der Waals surface area contributed by atoms with Crippen molar-refractivity contribution in [3.05, 3.63) is 24.1 Å². The first-order valence-corrected chi connectivity index (χ1v) is 7.28. The SMILES string of the molecule is C=C(/C=C(\OCCC)C(C)(C)C)NC(=O)C(C)(C)C.CO. The van der Waals surface area contributed by atoms with Crippen LogP contribution in [0.5, 0.6) is 0 Å². The van der Waals surface area contributed by atoms with Gasteiger partial charge in [-0.05, 0) is 12.5 Å². The fourth-order valence-corrected chi connectivity index (χ4v) is 1.21. The minimum Gasteiger partial charge on any atom is -0.497 e. The molecule has 21 heavy (non-hydrogen) atoms. The molecule has 0 bridgehead atoms. The fourth-order valence-electron chi connectivity index (χ4n) is 1.21. The molecule has 0 aliphatic carbocycles. The molecule has 4 heteroatoms. The maximum Gasteiger partial charge on any atom is 0.229 e. The highest BCUT2D eigenvalue weighted by molar-refractivity contribution is 5.83. The van der Waals surface area contributed by atoms with E-state index in [4.69, 9.17) is 9.84 Å². The lowest BCUT2D eigenvalue weighted by Gasteiger charge is -2.24. The maximum atomic E-state index is 11.9. The van der Waals surface area contributed by atoms with Gasteiger partial charge in [-0.25, -0.2) is 0 Å². The number of allylic oxidation sites excluding steroid dienone is 2. The molecular formula is C17H33NO3. The Morgan fingerprint density at radius 1 is 1.14 bits per heavy atom. The van der Waals surface area contributed by atoms with E-state index in [1.807, 2.05) is 26.8 Å². The normalized spacial score (nSPS) is 12.1. The summed E-state index contributed by atoms with van der Waals surface area (Å²) in [5, 5.41) is 9.81. The Balaban J connectivity index is 0. The third-order valence-electron chi connectivity index (χ3n) is 2.46. The number of aliphatic hydroxyl groups excluding tert-OH is 1. The Morgan fingerprint density at radius 2 is 1.62 bits per heavy atom. The summed E-state index contributed by atoms with van der Waals surface area (Å²) < 4.78 is 5.74. The van der Waals surface area contributed by atoms with E-state index in [2.05, 4.69) is 39.6 Å². The first kappa shape index (κ1) is 22.0. The van der Waals surface area contributed by atoms with E-state index in [0.29, 0.717) is 12.3 Å². The molecule has 0 atom stereocenters. The minimum absolute atomic E-state index is 0.0440. The molecule has 0 heterocycles. The van der Waals surface area contributed by atoms with E-state index < -0.39 is 5.41 Å². The summed E-state index contributed by atoms with van der Waals surface area (Å²) in [5.74, 6) is 0.797. The summed E-state index contributed by atoms with van der Waals surface area (Å²) in [4.78, 5) is 11.9. The van der Waals surface area contributed by atoms with Crippen LogP contribution in [-0.2, 0) is 9.53 Å². The van der Waals surface area contributed by atoms with Crippen molar-refractivity contribution in [1.82, 2.24) is 5.32 Å². The predicted octanol–water partition coefficient (Wildman–Crippen LogP) is 3.63. The summed E-state index contributed by atoms with van der Waals surface area (Å²) in [6.07, 6.45) is 2.77. The number of hydrogen-bond acceptors (Lipinski definition) is 3. The van der Waals surface area contributed by atoms with Crippen LogP contribution < -0.4 is 5.32 Å². The molecule has 0 aromatic heterocycles. The van der Waals surface area contributed by atoms with E-state index in [9.17, 15) is 4.79 Å². The van der Waals surface area contributed by atoms with Gasteiger partial charge in [0.1, 0.15) is 5.76 Å². The van der Waals surface area contributed by atoms with E-state index in [0.717, 1.165) is 19.3 Å². The Labute approximate surface area is 130 Å². The molecular weight excluding hydrogens is 266 g/mol. The number of nitrogens with one attached hydrogen (secondary N) is 1. The molecule has 0 spiro atoms. The first-order chi connectivity index (χ1) is 9.48. The fraction of sp³-hybridized carbons (Fsp3) is 0.706. The lowest BCUT2D eigenvalue weighted by atomic mass is 9.92. The summed E-state index contributed by atoms with van der Waals surface area (Å²) in [5.41, 5.74) is 0.0361. The van der Waals surface area contributed by atoms with E-state index in [1.54, 1.807) is 0 Å². The third kappa shape index (κ3) is 10.1. The second kappa shape index (κ2) is 9.61. The first-order valence-electron chi connectivity index (χ1n) is 7.28.